The first kappa shape index (κ1) is 12.0. The minimum atomic E-state index is -0.339. The largest absolute Gasteiger partial charge is 0.361 e. The van der Waals surface area contributed by atoms with Crippen molar-refractivity contribution in [3.63, 3.8) is 0 Å². The molecule has 1 N–H and O–H groups in total. The Bertz CT molecular complexity index is 683. The Morgan fingerprint density at radius 2 is 2.16 bits per heavy atom. The molecule has 0 saturated carbocycles. The highest BCUT2D eigenvalue weighted by molar-refractivity contribution is 5.93. The first-order valence-corrected chi connectivity index (χ1v) is 6.61. The lowest BCUT2D eigenvalue weighted by molar-refractivity contribution is -0.422. The van der Waals surface area contributed by atoms with Gasteiger partial charge in [-0.2, -0.15) is 0 Å². The molecule has 4 heteroatoms. The fourth-order valence-corrected chi connectivity index (χ4v) is 2.90. The Hall–Kier alpha value is -2.10. The van der Waals surface area contributed by atoms with Crippen LogP contribution in [-0.2, 0) is 12.8 Å². The third-order valence-electron chi connectivity index (χ3n) is 3.86. The molecule has 2 aromatic rings. The van der Waals surface area contributed by atoms with Gasteiger partial charge in [0.2, 0.25) is 5.70 Å². The summed E-state index contributed by atoms with van der Waals surface area (Å²) in [5.74, 6) is 0. The summed E-state index contributed by atoms with van der Waals surface area (Å²) in [6.07, 6.45) is 8.16. The van der Waals surface area contributed by atoms with Gasteiger partial charge in [0, 0.05) is 35.7 Å². The number of aryl methyl sites for hydroxylation is 2. The molecule has 1 aliphatic carbocycles. The minimum Gasteiger partial charge on any atom is -0.361 e. The second-order valence-corrected chi connectivity index (χ2v) is 5.12. The van der Waals surface area contributed by atoms with Crippen LogP contribution in [0.5, 0.6) is 0 Å². The monoisotopic (exact) mass is 256 g/mol. The van der Waals surface area contributed by atoms with Gasteiger partial charge >= 0.3 is 0 Å². The first-order chi connectivity index (χ1) is 9.16. The summed E-state index contributed by atoms with van der Waals surface area (Å²) in [4.78, 5) is 13.7. The summed E-state index contributed by atoms with van der Waals surface area (Å²) in [6, 6.07) is 4.26. The number of allylic oxidation sites excluding steroid dienone is 1. The molecule has 0 amide bonds. The zero-order chi connectivity index (χ0) is 13.4. The second kappa shape index (κ2) is 4.53. The van der Waals surface area contributed by atoms with Crippen LogP contribution in [0.15, 0.2) is 24.0 Å². The summed E-state index contributed by atoms with van der Waals surface area (Å²) in [5, 5.41) is 11.9. The van der Waals surface area contributed by atoms with Crippen molar-refractivity contribution in [2.45, 2.75) is 32.6 Å². The average molecular weight is 256 g/mol. The Morgan fingerprint density at radius 1 is 1.37 bits per heavy atom. The molecular weight excluding hydrogens is 240 g/mol. The molecule has 0 radical (unpaired) electrons. The summed E-state index contributed by atoms with van der Waals surface area (Å²) in [7, 11) is 0. The van der Waals surface area contributed by atoms with Crippen LogP contribution in [-0.4, -0.2) is 9.91 Å². The molecular formula is C15H16N2O2. The molecule has 0 unspecified atom stereocenters. The van der Waals surface area contributed by atoms with Gasteiger partial charge < -0.3 is 4.98 Å². The van der Waals surface area contributed by atoms with Crippen molar-refractivity contribution in [3.05, 3.63) is 50.8 Å². The maximum absolute atomic E-state index is 10.8. The van der Waals surface area contributed by atoms with Gasteiger partial charge in [-0.3, -0.25) is 10.1 Å². The predicted octanol–water partition coefficient (Wildman–Crippen LogP) is 3.68. The van der Waals surface area contributed by atoms with E-state index in [1.54, 1.807) is 6.08 Å². The third-order valence-corrected chi connectivity index (χ3v) is 3.86. The van der Waals surface area contributed by atoms with E-state index in [0.29, 0.717) is 0 Å². The van der Waals surface area contributed by atoms with E-state index in [1.807, 2.05) is 6.20 Å². The maximum Gasteiger partial charge on any atom is 0.243 e. The molecule has 0 spiro atoms. The second-order valence-electron chi connectivity index (χ2n) is 5.12. The standard InChI is InChI=1S/C15H16N2O2/c1-10(17(18)19)8-12-9-16-14-7-6-11-4-2-3-5-13(11)15(12)14/h6-9,16H,2-5H2,1H3/b10-8+. The van der Waals surface area contributed by atoms with Gasteiger partial charge in [-0.05, 0) is 42.9 Å². The number of benzene rings is 1. The molecule has 0 atom stereocenters. The molecule has 1 aromatic carbocycles. The van der Waals surface area contributed by atoms with Crippen molar-refractivity contribution >= 4 is 17.0 Å². The van der Waals surface area contributed by atoms with Crippen LogP contribution in [0.2, 0.25) is 0 Å². The van der Waals surface area contributed by atoms with Gasteiger partial charge in [0.15, 0.2) is 0 Å². The lowest BCUT2D eigenvalue weighted by atomic mass is 9.88. The van der Waals surface area contributed by atoms with Crippen molar-refractivity contribution in [1.82, 2.24) is 4.98 Å². The van der Waals surface area contributed by atoms with Crippen molar-refractivity contribution in [3.8, 4) is 0 Å². The van der Waals surface area contributed by atoms with Crippen LogP contribution in [0.25, 0.3) is 17.0 Å². The zero-order valence-corrected chi connectivity index (χ0v) is 10.9. The van der Waals surface area contributed by atoms with Gasteiger partial charge in [-0.1, -0.05) is 6.07 Å². The molecule has 3 rings (SSSR count). The topological polar surface area (TPSA) is 58.9 Å². The molecule has 98 valence electrons. The van der Waals surface area contributed by atoms with E-state index in [2.05, 4.69) is 17.1 Å². The van der Waals surface area contributed by atoms with Gasteiger partial charge in [0.25, 0.3) is 0 Å². The summed E-state index contributed by atoms with van der Waals surface area (Å²) < 4.78 is 0. The predicted molar refractivity (Wildman–Crippen MR) is 75.6 cm³/mol. The number of fused-ring (bicyclic) bond motifs is 3. The van der Waals surface area contributed by atoms with Crippen LogP contribution in [0, 0.1) is 10.1 Å². The number of aromatic amines is 1. The van der Waals surface area contributed by atoms with Crippen molar-refractivity contribution in [2.75, 3.05) is 0 Å². The Balaban J connectivity index is 2.21. The number of rotatable bonds is 2. The number of hydrogen-bond donors (Lipinski definition) is 1. The SMILES string of the molecule is C/C(=C\c1c[nH]c2ccc3c(c12)CCCC3)[N+](=O)[O-]. The van der Waals surface area contributed by atoms with Crippen molar-refractivity contribution in [2.24, 2.45) is 0 Å². The molecule has 0 saturated heterocycles. The fraction of sp³-hybridized carbons (Fsp3) is 0.333. The van der Waals surface area contributed by atoms with Gasteiger partial charge in [-0.15, -0.1) is 0 Å². The smallest absolute Gasteiger partial charge is 0.243 e. The summed E-state index contributed by atoms with van der Waals surface area (Å²) >= 11 is 0. The summed E-state index contributed by atoms with van der Waals surface area (Å²) in [6.45, 7) is 1.54. The Labute approximate surface area is 111 Å². The quantitative estimate of drug-likeness (QED) is 0.658. The third kappa shape index (κ3) is 2.03. The van der Waals surface area contributed by atoms with E-state index in [0.717, 1.165) is 23.9 Å². The molecule has 0 fully saturated rings. The normalized spacial score (nSPS) is 15.5. The lowest BCUT2D eigenvalue weighted by Gasteiger charge is -2.16. The van der Waals surface area contributed by atoms with Crippen molar-refractivity contribution in [1.29, 1.82) is 0 Å². The van der Waals surface area contributed by atoms with Gasteiger partial charge in [0.05, 0.1) is 4.92 Å². The number of H-pyrrole nitrogens is 1. The van der Waals surface area contributed by atoms with Crippen LogP contribution >= 0.6 is 0 Å². The Kier molecular flexibility index (Phi) is 2.85. The molecule has 0 bridgehead atoms. The lowest BCUT2D eigenvalue weighted by Crippen LogP contribution is -2.03. The molecule has 1 aliphatic rings. The van der Waals surface area contributed by atoms with Crippen molar-refractivity contribution < 1.29 is 4.92 Å². The molecule has 1 heterocycles. The molecule has 19 heavy (non-hydrogen) atoms. The number of hydrogen-bond acceptors (Lipinski definition) is 2. The number of aromatic nitrogens is 1. The van der Waals surface area contributed by atoms with E-state index < -0.39 is 0 Å². The number of nitrogens with one attached hydrogen (secondary N) is 1. The zero-order valence-electron chi connectivity index (χ0n) is 10.9. The average Bonchev–Trinajstić information content (AvgIpc) is 2.82. The maximum atomic E-state index is 10.8. The number of nitro groups is 1. The molecule has 4 nitrogen and oxygen atoms in total. The minimum absolute atomic E-state index is 0.175. The van der Waals surface area contributed by atoms with E-state index in [1.165, 1.54) is 36.3 Å². The van der Waals surface area contributed by atoms with Gasteiger partial charge in [-0.25, -0.2) is 0 Å². The fourth-order valence-electron chi connectivity index (χ4n) is 2.90. The van der Waals surface area contributed by atoms with E-state index in [4.69, 9.17) is 0 Å². The molecule has 0 aliphatic heterocycles. The van der Waals surface area contributed by atoms with Crippen LogP contribution in [0.3, 0.4) is 0 Å². The van der Waals surface area contributed by atoms with E-state index >= 15 is 0 Å². The highest BCUT2D eigenvalue weighted by Gasteiger charge is 2.16. The first-order valence-electron chi connectivity index (χ1n) is 6.61. The van der Waals surface area contributed by atoms with E-state index in [9.17, 15) is 10.1 Å². The van der Waals surface area contributed by atoms with Crippen LogP contribution in [0.1, 0.15) is 36.5 Å². The van der Waals surface area contributed by atoms with E-state index in [-0.39, 0.29) is 10.6 Å². The molecule has 1 aromatic heterocycles. The highest BCUT2D eigenvalue weighted by atomic mass is 16.6. The summed E-state index contributed by atoms with van der Waals surface area (Å²) in [5.41, 5.74) is 4.94. The van der Waals surface area contributed by atoms with Crippen LogP contribution in [0.4, 0.5) is 0 Å². The Morgan fingerprint density at radius 3 is 2.95 bits per heavy atom. The highest BCUT2D eigenvalue weighted by Crippen LogP contribution is 2.32. The van der Waals surface area contributed by atoms with Crippen LogP contribution < -0.4 is 0 Å². The number of nitrogens with zero attached hydrogens (tertiary/aromatic N) is 1. The van der Waals surface area contributed by atoms with Gasteiger partial charge in [0.1, 0.15) is 0 Å².